The van der Waals surface area contributed by atoms with Crippen molar-refractivity contribution in [2.75, 3.05) is 6.54 Å². The normalized spacial score (nSPS) is 10.7. The van der Waals surface area contributed by atoms with E-state index >= 15 is 0 Å². The molecule has 7 nitrogen and oxygen atoms in total. The first-order chi connectivity index (χ1) is 11.8. The molecule has 0 unspecified atom stereocenters. The lowest BCUT2D eigenvalue weighted by Gasteiger charge is -2.10. The van der Waals surface area contributed by atoms with Gasteiger partial charge in [-0.3, -0.25) is 19.1 Å². The van der Waals surface area contributed by atoms with E-state index in [1.807, 2.05) is 13.0 Å². The number of carbonyl (C=O) groups is 2. The van der Waals surface area contributed by atoms with Gasteiger partial charge in [0.1, 0.15) is 6.54 Å². The maximum absolute atomic E-state index is 12.1. The lowest BCUT2D eigenvalue weighted by Crippen LogP contribution is -2.30. The summed E-state index contributed by atoms with van der Waals surface area (Å²) in [5.74, 6) is -0.219. The van der Waals surface area contributed by atoms with Crippen molar-refractivity contribution in [2.24, 2.45) is 0 Å². The molecule has 0 aliphatic rings. The number of aromatic nitrogens is 3. The summed E-state index contributed by atoms with van der Waals surface area (Å²) in [6.07, 6.45) is 0.659. The predicted octanol–water partition coefficient (Wildman–Crippen LogP) is 1.38. The number of Topliss-reactive ketones (excluding diaryl/α,β-unsaturated/α-hetero) is 1. The molecule has 1 amide bonds. The minimum absolute atomic E-state index is 0.0364. The Hall–Kier alpha value is -2.70. The minimum atomic E-state index is -0.169. The number of rotatable bonds is 7. The second-order valence-electron chi connectivity index (χ2n) is 6.12. The second kappa shape index (κ2) is 7.92. The summed E-state index contributed by atoms with van der Waals surface area (Å²) in [6.45, 7) is 8.03. The molecular formula is C18H24N4O3. The number of hydrogen-bond donors (Lipinski definition) is 1. The van der Waals surface area contributed by atoms with Gasteiger partial charge in [-0.15, -0.1) is 0 Å². The standard InChI is InChI=1S/C18H24N4O3/c1-12-7-5-8-17(25)21(12)10-6-9-19-16(24)11-22-14(3)18(15(4)23)13(2)20-22/h5,7-8H,6,9-11H2,1-4H3,(H,19,24). The van der Waals surface area contributed by atoms with E-state index in [0.29, 0.717) is 36.5 Å². The van der Waals surface area contributed by atoms with Gasteiger partial charge < -0.3 is 9.88 Å². The van der Waals surface area contributed by atoms with E-state index in [0.717, 1.165) is 5.69 Å². The van der Waals surface area contributed by atoms with E-state index in [4.69, 9.17) is 0 Å². The van der Waals surface area contributed by atoms with Crippen molar-refractivity contribution in [3.8, 4) is 0 Å². The van der Waals surface area contributed by atoms with Gasteiger partial charge in [0.2, 0.25) is 5.91 Å². The summed E-state index contributed by atoms with van der Waals surface area (Å²) in [5, 5.41) is 7.09. The van der Waals surface area contributed by atoms with Crippen LogP contribution < -0.4 is 10.9 Å². The molecule has 134 valence electrons. The van der Waals surface area contributed by atoms with Crippen molar-refractivity contribution in [1.29, 1.82) is 0 Å². The molecule has 0 bridgehead atoms. The first-order valence-electron chi connectivity index (χ1n) is 8.29. The number of pyridine rings is 1. The number of hydrogen-bond acceptors (Lipinski definition) is 4. The van der Waals surface area contributed by atoms with Crippen molar-refractivity contribution < 1.29 is 9.59 Å². The molecule has 0 saturated carbocycles. The minimum Gasteiger partial charge on any atom is -0.354 e. The second-order valence-corrected chi connectivity index (χ2v) is 6.12. The summed E-state index contributed by atoms with van der Waals surface area (Å²) in [7, 11) is 0. The average Bonchev–Trinajstić information content (AvgIpc) is 2.80. The zero-order chi connectivity index (χ0) is 18.6. The molecule has 0 aliphatic heterocycles. The van der Waals surface area contributed by atoms with Crippen LogP contribution in [0.15, 0.2) is 23.0 Å². The molecule has 1 N–H and O–H groups in total. The van der Waals surface area contributed by atoms with Crippen molar-refractivity contribution in [3.63, 3.8) is 0 Å². The largest absolute Gasteiger partial charge is 0.354 e. The summed E-state index contributed by atoms with van der Waals surface area (Å²) < 4.78 is 3.24. The number of nitrogens with one attached hydrogen (secondary N) is 1. The fraction of sp³-hybridized carbons (Fsp3) is 0.444. The van der Waals surface area contributed by atoms with Crippen LogP contribution in [0.25, 0.3) is 0 Å². The average molecular weight is 344 g/mol. The van der Waals surface area contributed by atoms with Crippen molar-refractivity contribution in [2.45, 2.75) is 47.2 Å². The number of nitrogens with zero attached hydrogens (tertiary/aromatic N) is 3. The van der Waals surface area contributed by atoms with E-state index in [9.17, 15) is 14.4 Å². The Morgan fingerprint density at radius 1 is 1.20 bits per heavy atom. The molecule has 0 aliphatic carbocycles. The molecule has 0 spiro atoms. The number of ketones is 1. The SMILES string of the molecule is CC(=O)c1c(C)nn(CC(=O)NCCCn2c(C)cccc2=O)c1C. The van der Waals surface area contributed by atoms with Gasteiger partial charge in [0, 0.05) is 30.5 Å². The lowest BCUT2D eigenvalue weighted by atomic mass is 10.1. The van der Waals surface area contributed by atoms with E-state index in [2.05, 4.69) is 10.4 Å². The number of amides is 1. The third-order valence-electron chi connectivity index (χ3n) is 4.18. The molecule has 0 radical (unpaired) electrons. The topological polar surface area (TPSA) is 86.0 Å². The smallest absolute Gasteiger partial charge is 0.250 e. The highest BCUT2D eigenvalue weighted by molar-refractivity contribution is 5.96. The Kier molecular flexibility index (Phi) is 5.90. The van der Waals surface area contributed by atoms with Crippen LogP contribution in [0.3, 0.4) is 0 Å². The third kappa shape index (κ3) is 4.43. The van der Waals surface area contributed by atoms with Crippen molar-refractivity contribution >= 4 is 11.7 Å². The third-order valence-corrected chi connectivity index (χ3v) is 4.18. The van der Waals surface area contributed by atoms with Gasteiger partial charge in [0.25, 0.3) is 5.56 Å². The van der Waals surface area contributed by atoms with Crippen molar-refractivity contribution in [1.82, 2.24) is 19.7 Å². The van der Waals surface area contributed by atoms with Gasteiger partial charge in [0.15, 0.2) is 5.78 Å². The number of carbonyl (C=O) groups excluding carboxylic acids is 2. The van der Waals surface area contributed by atoms with Crippen LogP contribution in [0.1, 0.15) is 40.8 Å². The molecule has 2 aromatic heterocycles. The molecule has 0 saturated heterocycles. The first kappa shape index (κ1) is 18.6. The number of aryl methyl sites for hydroxylation is 2. The monoisotopic (exact) mass is 344 g/mol. The maximum atomic E-state index is 12.1. The fourth-order valence-corrected chi connectivity index (χ4v) is 2.93. The molecule has 2 heterocycles. The summed E-state index contributed by atoms with van der Waals surface area (Å²) >= 11 is 0. The van der Waals surface area contributed by atoms with E-state index in [1.54, 1.807) is 29.2 Å². The van der Waals surface area contributed by atoms with Gasteiger partial charge >= 0.3 is 0 Å². The molecule has 25 heavy (non-hydrogen) atoms. The van der Waals surface area contributed by atoms with Crippen LogP contribution in [0.5, 0.6) is 0 Å². The zero-order valence-corrected chi connectivity index (χ0v) is 15.1. The van der Waals surface area contributed by atoms with Gasteiger partial charge in [-0.05, 0) is 40.2 Å². The summed E-state index contributed by atoms with van der Waals surface area (Å²) in [6, 6.07) is 5.15. The van der Waals surface area contributed by atoms with Crippen LogP contribution in [0.4, 0.5) is 0 Å². The van der Waals surface area contributed by atoms with Gasteiger partial charge in [-0.1, -0.05) is 6.07 Å². The Labute approximate surface area is 146 Å². The van der Waals surface area contributed by atoms with Gasteiger partial charge in [-0.25, -0.2) is 0 Å². The first-order valence-corrected chi connectivity index (χ1v) is 8.29. The zero-order valence-electron chi connectivity index (χ0n) is 15.1. The van der Waals surface area contributed by atoms with Gasteiger partial charge in [-0.2, -0.15) is 5.10 Å². The van der Waals surface area contributed by atoms with Crippen LogP contribution in [-0.2, 0) is 17.9 Å². The summed E-state index contributed by atoms with van der Waals surface area (Å²) in [5.41, 5.74) is 2.78. The highest BCUT2D eigenvalue weighted by Crippen LogP contribution is 2.13. The molecular weight excluding hydrogens is 320 g/mol. The molecule has 0 fully saturated rings. The van der Waals surface area contributed by atoms with Crippen molar-refractivity contribution in [3.05, 3.63) is 51.2 Å². The lowest BCUT2D eigenvalue weighted by molar-refractivity contribution is -0.121. The molecule has 2 rings (SSSR count). The van der Waals surface area contributed by atoms with Crippen LogP contribution in [0.2, 0.25) is 0 Å². The van der Waals surface area contributed by atoms with E-state index < -0.39 is 0 Å². The fourth-order valence-electron chi connectivity index (χ4n) is 2.93. The molecule has 0 atom stereocenters. The Morgan fingerprint density at radius 2 is 1.92 bits per heavy atom. The van der Waals surface area contributed by atoms with Crippen LogP contribution in [-0.4, -0.2) is 32.6 Å². The molecule has 2 aromatic rings. The Morgan fingerprint density at radius 3 is 2.52 bits per heavy atom. The summed E-state index contributed by atoms with van der Waals surface area (Å²) in [4.78, 5) is 35.5. The van der Waals surface area contributed by atoms with E-state index in [1.165, 1.54) is 13.0 Å². The van der Waals surface area contributed by atoms with Crippen LogP contribution >= 0.6 is 0 Å². The van der Waals surface area contributed by atoms with Crippen LogP contribution in [0, 0.1) is 20.8 Å². The quantitative estimate of drug-likeness (QED) is 0.607. The molecule has 7 heteroatoms. The highest BCUT2D eigenvalue weighted by atomic mass is 16.2. The maximum Gasteiger partial charge on any atom is 0.250 e. The highest BCUT2D eigenvalue weighted by Gasteiger charge is 2.16. The Balaban J connectivity index is 1.87. The Bertz CT molecular complexity index is 848. The molecule has 0 aromatic carbocycles. The predicted molar refractivity (Wildman–Crippen MR) is 94.8 cm³/mol. The van der Waals surface area contributed by atoms with Gasteiger partial charge in [0.05, 0.1) is 11.3 Å². The van der Waals surface area contributed by atoms with E-state index in [-0.39, 0.29) is 23.8 Å².